The summed E-state index contributed by atoms with van der Waals surface area (Å²) >= 11 is 6.17. The molecule has 7 heteroatoms. The Balaban J connectivity index is 1.53. The molecule has 2 unspecified atom stereocenters. The highest BCUT2D eigenvalue weighted by molar-refractivity contribution is 6.32. The number of nitrogens with zero attached hydrogens (tertiary/aromatic N) is 2. The third-order valence-electron chi connectivity index (χ3n) is 4.77. The normalized spacial score (nSPS) is 23.4. The van der Waals surface area contributed by atoms with Crippen LogP contribution in [0.1, 0.15) is 26.2 Å². The number of nitrogens with one attached hydrogen (secondary N) is 2. The molecule has 2 atom stereocenters. The lowest BCUT2D eigenvalue weighted by atomic mass is 9.97. The van der Waals surface area contributed by atoms with Crippen LogP contribution in [0.5, 0.6) is 0 Å². The average Bonchev–Trinajstić information content (AvgIpc) is 3.29. The molecule has 1 saturated heterocycles. The quantitative estimate of drug-likeness (QED) is 0.764. The van der Waals surface area contributed by atoms with Crippen LogP contribution < -0.4 is 15.5 Å². The van der Waals surface area contributed by atoms with Gasteiger partial charge in [0.15, 0.2) is 0 Å². The van der Waals surface area contributed by atoms with Gasteiger partial charge in [0, 0.05) is 25.3 Å². The number of aliphatic hydroxyl groups is 1. The Bertz CT molecular complexity index is 581. The molecule has 126 valence electrons. The van der Waals surface area contributed by atoms with Crippen molar-refractivity contribution in [2.24, 2.45) is 5.92 Å². The van der Waals surface area contributed by atoms with Crippen LogP contribution in [0.25, 0.3) is 0 Å². The van der Waals surface area contributed by atoms with Crippen molar-refractivity contribution in [1.29, 1.82) is 0 Å². The number of anilines is 1. The number of carbonyl (C=O) groups excluding carboxylic acids is 1. The second kappa shape index (κ2) is 6.53. The number of carbonyl (C=O) groups is 1. The first-order valence-electron chi connectivity index (χ1n) is 8.07. The fraction of sp³-hybridized carbons (Fsp3) is 0.625. The number of urea groups is 1. The summed E-state index contributed by atoms with van der Waals surface area (Å²) in [5.74, 6) is 1.14. The first-order chi connectivity index (χ1) is 11.0. The predicted molar refractivity (Wildman–Crippen MR) is 89.7 cm³/mol. The van der Waals surface area contributed by atoms with Gasteiger partial charge in [-0.25, -0.2) is 9.78 Å². The zero-order chi connectivity index (χ0) is 16.4. The molecular formula is C16H23ClN4O2. The van der Waals surface area contributed by atoms with E-state index in [1.807, 2.05) is 13.0 Å². The first kappa shape index (κ1) is 16.3. The highest BCUT2D eigenvalue weighted by atomic mass is 35.5. The summed E-state index contributed by atoms with van der Waals surface area (Å²) in [7, 11) is 0. The molecular weight excluding hydrogens is 316 g/mol. The molecule has 1 aromatic heterocycles. The van der Waals surface area contributed by atoms with Crippen LogP contribution in [0.3, 0.4) is 0 Å². The highest BCUT2D eigenvalue weighted by Gasteiger charge is 2.42. The summed E-state index contributed by atoms with van der Waals surface area (Å²) in [6, 6.07) is 3.46. The lowest BCUT2D eigenvalue weighted by Gasteiger charge is -2.29. The molecule has 0 bridgehead atoms. The topological polar surface area (TPSA) is 77.5 Å². The minimum absolute atomic E-state index is 0.0363. The van der Waals surface area contributed by atoms with Crippen molar-refractivity contribution >= 4 is 23.4 Å². The molecule has 23 heavy (non-hydrogen) atoms. The molecule has 1 saturated carbocycles. The van der Waals surface area contributed by atoms with E-state index < -0.39 is 5.54 Å². The van der Waals surface area contributed by atoms with Crippen molar-refractivity contribution < 1.29 is 9.90 Å². The Morgan fingerprint density at radius 1 is 1.52 bits per heavy atom. The van der Waals surface area contributed by atoms with Crippen molar-refractivity contribution in [2.45, 2.75) is 37.8 Å². The maximum Gasteiger partial charge on any atom is 0.315 e. The SMILES string of the molecule is CC(CO)(NC(=O)NC1CCN(c2ncccc2Cl)C1)C1CC1. The molecule has 0 spiro atoms. The van der Waals surface area contributed by atoms with Gasteiger partial charge in [-0.2, -0.15) is 0 Å². The lowest BCUT2D eigenvalue weighted by Crippen LogP contribution is -2.56. The zero-order valence-corrected chi connectivity index (χ0v) is 14.0. The number of hydrogen-bond donors (Lipinski definition) is 3. The molecule has 1 aliphatic carbocycles. The van der Waals surface area contributed by atoms with Gasteiger partial charge in [0.1, 0.15) is 5.82 Å². The van der Waals surface area contributed by atoms with Crippen LogP contribution in [-0.4, -0.2) is 47.4 Å². The van der Waals surface area contributed by atoms with Gasteiger partial charge in [0.2, 0.25) is 0 Å². The monoisotopic (exact) mass is 338 g/mol. The molecule has 3 rings (SSSR count). The van der Waals surface area contributed by atoms with E-state index in [1.54, 1.807) is 12.3 Å². The van der Waals surface area contributed by atoms with Crippen molar-refractivity contribution in [3.05, 3.63) is 23.4 Å². The van der Waals surface area contributed by atoms with Crippen LogP contribution >= 0.6 is 11.6 Å². The van der Waals surface area contributed by atoms with Gasteiger partial charge in [-0.05, 0) is 44.2 Å². The van der Waals surface area contributed by atoms with Crippen molar-refractivity contribution in [3.63, 3.8) is 0 Å². The smallest absolute Gasteiger partial charge is 0.315 e. The van der Waals surface area contributed by atoms with Crippen LogP contribution in [0.2, 0.25) is 5.02 Å². The van der Waals surface area contributed by atoms with E-state index in [-0.39, 0.29) is 18.7 Å². The number of hydrogen-bond acceptors (Lipinski definition) is 4. The van der Waals surface area contributed by atoms with Crippen LogP contribution in [-0.2, 0) is 0 Å². The van der Waals surface area contributed by atoms with Gasteiger partial charge >= 0.3 is 6.03 Å². The molecule has 6 nitrogen and oxygen atoms in total. The molecule has 2 amide bonds. The summed E-state index contributed by atoms with van der Waals surface area (Å²) in [5, 5.41) is 16.1. The standard InChI is InChI=1S/C16H23ClN4O2/c1-16(10-22,11-4-5-11)20-15(23)19-12-6-8-21(9-12)14-13(17)3-2-7-18-14/h2-3,7,11-12,22H,4-6,8-10H2,1H3,(H2,19,20,23). The van der Waals surface area contributed by atoms with E-state index in [0.717, 1.165) is 31.6 Å². The Labute approximate surface area is 141 Å². The van der Waals surface area contributed by atoms with E-state index >= 15 is 0 Å². The largest absolute Gasteiger partial charge is 0.394 e. The van der Waals surface area contributed by atoms with E-state index in [2.05, 4.69) is 20.5 Å². The molecule has 1 aliphatic heterocycles. The lowest BCUT2D eigenvalue weighted by molar-refractivity contribution is 0.154. The Kier molecular flexibility index (Phi) is 4.64. The number of rotatable bonds is 5. The van der Waals surface area contributed by atoms with Crippen molar-refractivity contribution in [3.8, 4) is 0 Å². The number of aliphatic hydroxyl groups excluding tert-OH is 1. The van der Waals surface area contributed by atoms with Gasteiger partial charge < -0.3 is 20.6 Å². The van der Waals surface area contributed by atoms with E-state index in [4.69, 9.17) is 11.6 Å². The first-order valence-corrected chi connectivity index (χ1v) is 8.44. The molecule has 2 heterocycles. The van der Waals surface area contributed by atoms with Gasteiger partial charge in [-0.3, -0.25) is 0 Å². The molecule has 0 aromatic carbocycles. The van der Waals surface area contributed by atoms with Crippen LogP contribution in [0.4, 0.5) is 10.6 Å². The Morgan fingerprint density at radius 3 is 2.96 bits per heavy atom. The zero-order valence-electron chi connectivity index (χ0n) is 13.3. The third kappa shape index (κ3) is 3.70. The molecule has 2 aliphatic rings. The number of halogens is 1. The number of pyridine rings is 1. The van der Waals surface area contributed by atoms with E-state index in [1.165, 1.54) is 0 Å². The Morgan fingerprint density at radius 2 is 2.30 bits per heavy atom. The van der Waals surface area contributed by atoms with Gasteiger partial charge in [-0.15, -0.1) is 0 Å². The molecule has 2 fully saturated rings. The van der Waals surface area contributed by atoms with Crippen molar-refractivity contribution in [2.75, 3.05) is 24.6 Å². The highest BCUT2D eigenvalue weighted by Crippen LogP contribution is 2.39. The minimum Gasteiger partial charge on any atom is -0.394 e. The van der Waals surface area contributed by atoms with Crippen LogP contribution in [0.15, 0.2) is 18.3 Å². The van der Waals surface area contributed by atoms with Gasteiger partial charge in [0.25, 0.3) is 0 Å². The fourth-order valence-corrected chi connectivity index (χ4v) is 3.39. The fourth-order valence-electron chi connectivity index (χ4n) is 3.15. The second-order valence-electron chi connectivity index (χ2n) is 6.69. The second-order valence-corrected chi connectivity index (χ2v) is 7.10. The summed E-state index contributed by atoms with van der Waals surface area (Å²) in [4.78, 5) is 18.6. The van der Waals surface area contributed by atoms with Crippen molar-refractivity contribution in [1.82, 2.24) is 15.6 Å². The number of aromatic nitrogens is 1. The predicted octanol–water partition coefficient (Wildman–Crippen LogP) is 1.77. The van der Waals surface area contributed by atoms with E-state index in [9.17, 15) is 9.90 Å². The minimum atomic E-state index is -0.521. The molecule has 3 N–H and O–H groups in total. The number of amides is 2. The summed E-state index contributed by atoms with van der Waals surface area (Å²) in [6.07, 6.45) is 4.69. The molecule has 0 radical (unpaired) electrons. The molecule has 1 aromatic rings. The Hall–Kier alpha value is -1.53. The average molecular weight is 339 g/mol. The maximum atomic E-state index is 12.2. The van der Waals surface area contributed by atoms with Crippen LogP contribution in [0, 0.1) is 5.92 Å². The third-order valence-corrected chi connectivity index (χ3v) is 5.06. The summed E-state index contributed by atoms with van der Waals surface area (Å²) in [5.41, 5.74) is -0.521. The van der Waals surface area contributed by atoms with Gasteiger partial charge in [-0.1, -0.05) is 11.6 Å². The maximum absolute atomic E-state index is 12.2. The van der Waals surface area contributed by atoms with E-state index in [0.29, 0.717) is 17.5 Å². The van der Waals surface area contributed by atoms with Gasteiger partial charge in [0.05, 0.1) is 17.2 Å². The summed E-state index contributed by atoms with van der Waals surface area (Å²) in [6.45, 7) is 3.36. The summed E-state index contributed by atoms with van der Waals surface area (Å²) < 4.78 is 0.